The minimum Gasteiger partial charge on any atom is -0.484 e. The largest absolute Gasteiger partial charge is 0.484 e. The van der Waals surface area contributed by atoms with E-state index >= 15 is 0 Å². The van der Waals surface area contributed by atoms with E-state index in [1.54, 1.807) is 29.2 Å². The topological polar surface area (TPSA) is 58.6 Å². The number of nitrogens with one attached hydrogen (secondary N) is 1. The molecule has 5 nitrogen and oxygen atoms in total. The molecule has 160 valence electrons. The smallest absolute Gasteiger partial charge is 0.417 e. The summed E-state index contributed by atoms with van der Waals surface area (Å²) >= 11 is 5.80. The van der Waals surface area contributed by atoms with Crippen LogP contribution < -0.4 is 10.1 Å². The van der Waals surface area contributed by atoms with E-state index in [0.717, 1.165) is 12.1 Å². The van der Waals surface area contributed by atoms with Gasteiger partial charge in [0.2, 0.25) is 0 Å². The highest BCUT2D eigenvalue weighted by atomic mass is 35.5. The fraction of sp³-hybridized carbons (Fsp3) is 0.333. The minimum absolute atomic E-state index is 0.127. The predicted octanol–water partition coefficient (Wildman–Crippen LogP) is 4.16. The van der Waals surface area contributed by atoms with Gasteiger partial charge in [-0.3, -0.25) is 9.59 Å². The van der Waals surface area contributed by atoms with Gasteiger partial charge >= 0.3 is 6.18 Å². The molecule has 0 unspecified atom stereocenters. The van der Waals surface area contributed by atoms with Gasteiger partial charge in [-0.1, -0.05) is 23.7 Å². The second-order valence-electron chi connectivity index (χ2n) is 6.91. The van der Waals surface area contributed by atoms with E-state index in [1.165, 1.54) is 12.1 Å². The quantitative estimate of drug-likeness (QED) is 0.759. The Kier molecular flexibility index (Phi) is 6.87. The molecule has 1 aliphatic rings. The Balaban J connectivity index is 1.49. The van der Waals surface area contributed by atoms with Gasteiger partial charge in [0.1, 0.15) is 5.75 Å². The lowest BCUT2D eigenvalue weighted by Crippen LogP contribution is -2.47. The fourth-order valence-electron chi connectivity index (χ4n) is 3.23. The molecule has 0 spiro atoms. The highest BCUT2D eigenvalue weighted by Crippen LogP contribution is 2.32. The molecule has 0 bridgehead atoms. The van der Waals surface area contributed by atoms with Crippen LogP contribution in [0.3, 0.4) is 0 Å². The number of carbonyl (C=O) groups is 2. The molecule has 2 aromatic rings. The molecule has 1 heterocycles. The van der Waals surface area contributed by atoms with Crippen molar-refractivity contribution in [2.24, 2.45) is 0 Å². The van der Waals surface area contributed by atoms with E-state index in [4.69, 9.17) is 16.3 Å². The van der Waals surface area contributed by atoms with Crippen LogP contribution in [0.15, 0.2) is 48.5 Å². The van der Waals surface area contributed by atoms with Crippen molar-refractivity contribution >= 4 is 23.4 Å². The first kappa shape index (κ1) is 22.0. The molecule has 1 N–H and O–H groups in total. The summed E-state index contributed by atoms with van der Waals surface area (Å²) in [5, 5.41) is 3.22. The normalized spacial score (nSPS) is 15.0. The van der Waals surface area contributed by atoms with Crippen LogP contribution in [-0.2, 0) is 11.0 Å². The molecule has 1 aliphatic heterocycles. The van der Waals surface area contributed by atoms with Crippen LogP contribution in [0.25, 0.3) is 0 Å². The number of benzene rings is 2. The number of piperidine rings is 1. The van der Waals surface area contributed by atoms with E-state index in [1.807, 2.05) is 0 Å². The van der Waals surface area contributed by atoms with Gasteiger partial charge in [-0.25, -0.2) is 0 Å². The molecule has 1 saturated heterocycles. The second-order valence-corrected chi connectivity index (χ2v) is 7.35. The summed E-state index contributed by atoms with van der Waals surface area (Å²) in [7, 11) is 0. The Morgan fingerprint density at radius 2 is 1.70 bits per heavy atom. The van der Waals surface area contributed by atoms with E-state index in [0.29, 0.717) is 36.7 Å². The fourth-order valence-corrected chi connectivity index (χ4v) is 3.36. The van der Waals surface area contributed by atoms with E-state index < -0.39 is 23.2 Å². The summed E-state index contributed by atoms with van der Waals surface area (Å²) in [4.78, 5) is 26.3. The first-order valence-corrected chi connectivity index (χ1v) is 9.75. The molecular formula is C21H20ClF3N2O3. The number of amides is 2. The summed E-state index contributed by atoms with van der Waals surface area (Å²) in [6, 6.07) is 11.0. The Morgan fingerprint density at radius 1 is 1.07 bits per heavy atom. The summed E-state index contributed by atoms with van der Waals surface area (Å²) < 4.78 is 44.7. The number of ether oxygens (including phenoxy) is 1. The van der Waals surface area contributed by atoms with Crippen LogP contribution in [0.2, 0.25) is 5.02 Å². The van der Waals surface area contributed by atoms with Gasteiger partial charge in [-0.2, -0.15) is 13.2 Å². The Morgan fingerprint density at radius 3 is 2.33 bits per heavy atom. The number of carbonyl (C=O) groups excluding carboxylic acids is 2. The van der Waals surface area contributed by atoms with Crippen molar-refractivity contribution in [3.63, 3.8) is 0 Å². The van der Waals surface area contributed by atoms with Crippen molar-refractivity contribution in [3.8, 4) is 5.75 Å². The lowest BCUT2D eigenvalue weighted by molar-refractivity contribution is -0.138. The highest BCUT2D eigenvalue weighted by Gasteiger charge is 2.35. The third-order valence-corrected chi connectivity index (χ3v) is 5.09. The van der Waals surface area contributed by atoms with E-state index in [9.17, 15) is 22.8 Å². The number of hydrogen-bond acceptors (Lipinski definition) is 3. The van der Waals surface area contributed by atoms with Gasteiger partial charge < -0.3 is 15.0 Å². The van der Waals surface area contributed by atoms with Crippen molar-refractivity contribution in [2.75, 3.05) is 19.7 Å². The molecule has 9 heteroatoms. The summed E-state index contributed by atoms with van der Waals surface area (Å²) in [6.45, 7) is 0.640. The zero-order valence-electron chi connectivity index (χ0n) is 15.9. The standard InChI is InChI=1S/C21H20ClF3N2O3/c22-14-5-7-16(8-6-14)30-13-19(28)27-11-9-15(10-12-27)26-20(29)17-3-1-2-4-18(17)21(23,24)25/h1-8,15H,9-13H2,(H,26,29). The highest BCUT2D eigenvalue weighted by molar-refractivity contribution is 6.30. The number of alkyl halides is 3. The Hall–Kier alpha value is -2.74. The predicted molar refractivity (Wildman–Crippen MR) is 105 cm³/mol. The van der Waals surface area contributed by atoms with Crippen LogP contribution in [0.1, 0.15) is 28.8 Å². The summed E-state index contributed by atoms with van der Waals surface area (Å²) in [6.07, 6.45) is -3.70. The Labute approximate surface area is 176 Å². The van der Waals surface area contributed by atoms with E-state index in [2.05, 4.69) is 5.32 Å². The number of hydrogen-bond donors (Lipinski definition) is 1. The maximum absolute atomic E-state index is 13.1. The van der Waals surface area contributed by atoms with E-state index in [-0.39, 0.29) is 18.6 Å². The average molecular weight is 441 g/mol. The first-order valence-electron chi connectivity index (χ1n) is 9.37. The maximum atomic E-state index is 13.1. The van der Waals surface area contributed by atoms with Gasteiger partial charge in [0.05, 0.1) is 11.1 Å². The second kappa shape index (κ2) is 9.38. The van der Waals surface area contributed by atoms with Crippen LogP contribution in [0.5, 0.6) is 5.75 Å². The first-order chi connectivity index (χ1) is 14.2. The SMILES string of the molecule is O=C(NC1CCN(C(=O)COc2ccc(Cl)cc2)CC1)c1ccccc1C(F)(F)F. The maximum Gasteiger partial charge on any atom is 0.417 e. The number of likely N-dealkylation sites (tertiary alicyclic amines) is 1. The average Bonchev–Trinajstić information content (AvgIpc) is 2.73. The monoisotopic (exact) mass is 440 g/mol. The van der Waals surface area contributed by atoms with Crippen molar-refractivity contribution < 1.29 is 27.5 Å². The molecule has 30 heavy (non-hydrogen) atoms. The van der Waals surface area contributed by atoms with Crippen LogP contribution in [-0.4, -0.2) is 42.5 Å². The third kappa shape index (κ3) is 5.66. The van der Waals surface area contributed by atoms with Gasteiger partial charge in [-0.15, -0.1) is 0 Å². The van der Waals surface area contributed by atoms with Crippen LogP contribution in [0, 0.1) is 0 Å². The number of halogens is 4. The summed E-state index contributed by atoms with van der Waals surface area (Å²) in [5.74, 6) is -0.436. The van der Waals surface area contributed by atoms with Crippen molar-refractivity contribution in [1.82, 2.24) is 10.2 Å². The third-order valence-electron chi connectivity index (χ3n) is 4.84. The molecule has 0 aromatic heterocycles. The van der Waals surface area contributed by atoms with Crippen LogP contribution in [0.4, 0.5) is 13.2 Å². The lowest BCUT2D eigenvalue weighted by atomic mass is 10.0. The van der Waals surface area contributed by atoms with Crippen molar-refractivity contribution in [3.05, 3.63) is 64.7 Å². The van der Waals surface area contributed by atoms with Gasteiger partial charge in [0.25, 0.3) is 11.8 Å². The molecule has 2 aromatic carbocycles. The summed E-state index contributed by atoms with van der Waals surface area (Å²) in [5.41, 5.74) is -1.37. The number of nitrogens with zero attached hydrogens (tertiary/aromatic N) is 1. The van der Waals surface area contributed by atoms with Gasteiger partial charge in [-0.05, 0) is 49.2 Å². The molecule has 2 amide bonds. The van der Waals surface area contributed by atoms with Crippen LogP contribution >= 0.6 is 11.6 Å². The zero-order valence-corrected chi connectivity index (χ0v) is 16.7. The number of rotatable bonds is 5. The zero-order chi connectivity index (χ0) is 21.7. The lowest BCUT2D eigenvalue weighted by Gasteiger charge is -2.32. The Bertz CT molecular complexity index is 895. The minimum atomic E-state index is -4.60. The molecular weight excluding hydrogens is 421 g/mol. The molecule has 1 fully saturated rings. The molecule has 0 aliphatic carbocycles. The molecule has 0 radical (unpaired) electrons. The molecule has 0 saturated carbocycles. The van der Waals surface area contributed by atoms with Gasteiger partial charge in [0.15, 0.2) is 6.61 Å². The van der Waals surface area contributed by atoms with Crippen molar-refractivity contribution in [2.45, 2.75) is 25.1 Å². The van der Waals surface area contributed by atoms with Crippen molar-refractivity contribution in [1.29, 1.82) is 0 Å². The van der Waals surface area contributed by atoms with Gasteiger partial charge in [0, 0.05) is 24.2 Å². The molecule has 0 atom stereocenters. The molecule has 3 rings (SSSR count).